The van der Waals surface area contributed by atoms with Crippen LogP contribution in [0.4, 0.5) is 0 Å². The Bertz CT molecular complexity index is 554. The van der Waals surface area contributed by atoms with E-state index in [1.54, 1.807) is 11.3 Å². The van der Waals surface area contributed by atoms with E-state index in [9.17, 15) is 4.79 Å². The van der Waals surface area contributed by atoms with E-state index in [0.29, 0.717) is 13.0 Å². The molecule has 1 unspecified atom stereocenters. The summed E-state index contributed by atoms with van der Waals surface area (Å²) in [4.78, 5) is 16.3. The summed E-state index contributed by atoms with van der Waals surface area (Å²) in [6.07, 6.45) is 1.42. The second-order valence-electron chi connectivity index (χ2n) is 4.63. The maximum Gasteiger partial charge on any atom is 0.233 e. The highest BCUT2D eigenvalue weighted by molar-refractivity contribution is 7.81. The normalized spacial score (nSPS) is 12.1. The molecule has 106 valence electrons. The lowest BCUT2D eigenvalue weighted by molar-refractivity contribution is -0.120. The van der Waals surface area contributed by atoms with Gasteiger partial charge in [0.1, 0.15) is 0 Å². The van der Waals surface area contributed by atoms with E-state index in [1.165, 1.54) is 0 Å². The fourth-order valence-electron chi connectivity index (χ4n) is 1.86. The molecule has 0 radical (unpaired) electrons. The molecule has 1 heterocycles. The molecule has 3 nitrogen and oxygen atoms in total. The van der Waals surface area contributed by atoms with Crippen LogP contribution in [-0.4, -0.2) is 22.7 Å². The van der Waals surface area contributed by atoms with Crippen molar-refractivity contribution in [2.24, 2.45) is 0 Å². The Morgan fingerprint density at radius 3 is 2.80 bits per heavy atom. The van der Waals surface area contributed by atoms with Crippen molar-refractivity contribution < 1.29 is 4.79 Å². The minimum atomic E-state index is -0.310. The van der Waals surface area contributed by atoms with Crippen molar-refractivity contribution >= 4 is 29.9 Å². The first-order valence-corrected chi connectivity index (χ1v) is 7.95. The van der Waals surface area contributed by atoms with E-state index in [-0.39, 0.29) is 11.2 Å². The highest BCUT2D eigenvalue weighted by Gasteiger charge is 2.13. The monoisotopic (exact) mass is 306 g/mol. The summed E-state index contributed by atoms with van der Waals surface area (Å²) in [5.41, 5.74) is 2.16. The molecule has 1 aromatic carbocycles. The van der Waals surface area contributed by atoms with Gasteiger partial charge >= 0.3 is 0 Å². The predicted molar refractivity (Wildman–Crippen MR) is 86.5 cm³/mol. The number of nitrogens with zero attached hydrogens (tertiary/aromatic N) is 1. The molecule has 20 heavy (non-hydrogen) atoms. The average Bonchev–Trinajstić information content (AvgIpc) is 2.85. The van der Waals surface area contributed by atoms with Gasteiger partial charge in [0.25, 0.3) is 0 Å². The van der Waals surface area contributed by atoms with Crippen LogP contribution in [0, 0.1) is 6.92 Å². The molecule has 1 amide bonds. The van der Waals surface area contributed by atoms with Crippen molar-refractivity contribution in [1.29, 1.82) is 0 Å². The quantitative estimate of drug-likeness (QED) is 0.806. The van der Waals surface area contributed by atoms with Gasteiger partial charge in [0, 0.05) is 24.0 Å². The number of rotatable bonds is 6. The summed E-state index contributed by atoms with van der Waals surface area (Å²) in [6.45, 7) is 2.58. The fraction of sp³-hybridized carbons (Fsp3) is 0.333. The Kier molecular flexibility index (Phi) is 5.61. The van der Waals surface area contributed by atoms with Crippen LogP contribution in [0.15, 0.2) is 35.7 Å². The van der Waals surface area contributed by atoms with E-state index < -0.39 is 0 Å². The lowest BCUT2D eigenvalue weighted by Gasteiger charge is -2.11. The maximum atomic E-state index is 11.9. The van der Waals surface area contributed by atoms with Crippen LogP contribution in [0.2, 0.25) is 0 Å². The molecule has 0 aliphatic rings. The van der Waals surface area contributed by atoms with E-state index in [2.05, 4.69) is 22.9 Å². The smallest absolute Gasteiger partial charge is 0.233 e. The summed E-state index contributed by atoms with van der Waals surface area (Å²) in [7, 11) is 0. The Balaban J connectivity index is 1.74. The van der Waals surface area contributed by atoms with Crippen LogP contribution in [0.5, 0.6) is 0 Å². The van der Waals surface area contributed by atoms with Gasteiger partial charge in [-0.25, -0.2) is 4.98 Å². The molecule has 0 bridgehead atoms. The summed E-state index contributed by atoms with van der Waals surface area (Å²) < 4.78 is 0. The topological polar surface area (TPSA) is 42.0 Å². The number of aryl methyl sites for hydroxylation is 1. The van der Waals surface area contributed by atoms with Crippen molar-refractivity contribution in [3.8, 4) is 0 Å². The van der Waals surface area contributed by atoms with E-state index >= 15 is 0 Å². The second-order valence-corrected chi connectivity index (χ2v) is 6.20. The number of hydrogen-bond acceptors (Lipinski definition) is 4. The SMILES string of the molecule is Cc1csc(CCNC(=O)C(S)Cc2ccccc2)n1. The highest BCUT2D eigenvalue weighted by Crippen LogP contribution is 2.10. The lowest BCUT2D eigenvalue weighted by atomic mass is 10.1. The van der Waals surface area contributed by atoms with Gasteiger partial charge in [0.2, 0.25) is 5.91 Å². The van der Waals surface area contributed by atoms with Gasteiger partial charge in [-0.1, -0.05) is 30.3 Å². The second kappa shape index (κ2) is 7.45. The lowest BCUT2D eigenvalue weighted by Crippen LogP contribution is -2.34. The Morgan fingerprint density at radius 1 is 1.40 bits per heavy atom. The van der Waals surface area contributed by atoms with Gasteiger partial charge in [-0.15, -0.1) is 11.3 Å². The largest absolute Gasteiger partial charge is 0.355 e. The molecule has 0 fully saturated rings. The molecular weight excluding hydrogens is 288 g/mol. The Labute approximate surface area is 128 Å². The Morgan fingerprint density at radius 2 is 2.15 bits per heavy atom. The molecule has 0 aliphatic heterocycles. The molecule has 1 aromatic heterocycles. The third-order valence-electron chi connectivity index (χ3n) is 2.88. The van der Waals surface area contributed by atoms with Crippen LogP contribution >= 0.6 is 24.0 Å². The molecule has 0 spiro atoms. The van der Waals surface area contributed by atoms with E-state index in [0.717, 1.165) is 22.7 Å². The van der Waals surface area contributed by atoms with Crippen LogP contribution in [0.3, 0.4) is 0 Å². The number of thiazole rings is 1. The minimum Gasteiger partial charge on any atom is -0.355 e. The molecule has 0 aliphatic carbocycles. The van der Waals surface area contributed by atoms with Crippen molar-refractivity contribution in [1.82, 2.24) is 10.3 Å². The van der Waals surface area contributed by atoms with Gasteiger partial charge in [-0.2, -0.15) is 12.6 Å². The first kappa shape index (κ1) is 15.1. The summed E-state index contributed by atoms with van der Waals surface area (Å²) in [5.74, 6) is -0.0227. The van der Waals surface area contributed by atoms with Gasteiger partial charge < -0.3 is 5.32 Å². The molecular formula is C15H18N2OS2. The zero-order valence-corrected chi connectivity index (χ0v) is 13.1. The van der Waals surface area contributed by atoms with E-state index in [4.69, 9.17) is 0 Å². The van der Waals surface area contributed by atoms with Crippen LogP contribution in [0.1, 0.15) is 16.3 Å². The van der Waals surface area contributed by atoms with Crippen molar-refractivity contribution in [3.63, 3.8) is 0 Å². The number of benzene rings is 1. The number of aromatic nitrogens is 1. The predicted octanol–water partition coefficient (Wildman–Crippen LogP) is 2.65. The van der Waals surface area contributed by atoms with Crippen LogP contribution in [0.25, 0.3) is 0 Å². The average molecular weight is 306 g/mol. The molecule has 0 saturated carbocycles. The number of carbonyl (C=O) groups excluding carboxylic acids is 1. The molecule has 2 aromatic rings. The molecule has 0 saturated heterocycles. The third kappa shape index (κ3) is 4.65. The zero-order valence-electron chi connectivity index (χ0n) is 11.4. The Hall–Kier alpha value is -1.33. The van der Waals surface area contributed by atoms with Gasteiger partial charge in [-0.05, 0) is 18.9 Å². The van der Waals surface area contributed by atoms with Gasteiger partial charge in [0.15, 0.2) is 0 Å². The highest BCUT2D eigenvalue weighted by atomic mass is 32.1. The number of nitrogens with one attached hydrogen (secondary N) is 1. The van der Waals surface area contributed by atoms with Gasteiger partial charge in [0.05, 0.1) is 10.3 Å². The molecule has 2 rings (SSSR count). The summed E-state index contributed by atoms with van der Waals surface area (Å²) in [6, 6.07) is 9.92. The van der Waals surface area contributed by atoms with Crippen LogP contribution < -0.4 is 5.32 Å². The summed E-state index contributed by atoms with van der Waals surface area (Å²) >= 11 is 6.01. The first-order chi connectivity index (χ1) is 9.65. The summed E-state index contributed by atoms with van der Waals surface area (Å²) in [5, 5.41) is 5.68. The standard InChI is InChI=1S/C15H18N2OS2/c1-11-10-20-14(17-11)7-8-16-15(18)13(19)9-12-5-3-2-4-6-12/h2-6,10,13,19H,7-9H2,1H3,(H,16,18). The number of thiol groups is 1. The van der Waals surface area contributed by atoms with Gasteiger partial charge in [-0.3, -0.25) is 4.79 Å². The zero-order chi connectivity index (χ0) is 14.4. The number of carbonyl (C=O) groups is 1. The maximum absolute atomic E-state index is 11.9. The fourth-order valence-corrected chi connectivity index (χ4v) is 2.94. The van der Waals surface area contributed by atoms with Crippen molar-refractivity contribution in [3.05, 3.63) is 52.0 Å². The molecule has 1 N–H and O–H groups in total. The van der Waals surface area contributed by atoms with Crippen molar-refractivity contribution in [2.45, 2.75) is 25.0 Å². The third-order valence-corrected chi connectivity index (χ3v) is 4.32. The van der Waals surface area contributed by atoms with Crippen molar-refractivity contribution in [2.75, 3.05) is 6.54 Å². The number of hydrogen-bond donors (Lipinski definition) is 2. The molecule has 1 atom stereocenters. The van der Waals surface area contributed by atoms with Crippen LogP contribution in [-0.2, 0) is 17.6 Å². The minimum absolute atomic E-state index is 0.0227. The van der Waals surface area contributed by atoms with E-state index in [1.807, 2.05) is 42.6 Å². The number of amides is 1. The first-order valence-electron chi connectivity index (χ1n) is 6.56. The molecule has 5 heteroatoms.